The van der Waals surface area contributed by atoms with Gasteiger partial charge in [0.1, 0.15) is 0 Å². The summed E-state index contributed by atoms with van der Waals surface area (Å²) in [6.07, 6.45) is 7.40. The van der Waals surface area contributed by atoms with E-state index in [2.05, 4.69) is 19.2 Å². The SMILES string of the molecule is CC[C@H]1CC[C@@H]([C@@H]2C[C@H](C)CCN2)O1. The fourth-order valence-electron chi connectivity index (χ4n) is 2.76. The van der Waals surface area contributed by atoms with E-state index in [1.54, 1.807) is 0 Å². The smallest absolute Gasteiger partial charge is 0.0732 e. The van der Waals surface area contributed by atoms with Crippen LogP contribution in [0.15, 0.2) is 0 Å². The van der Waals surface area contributed by atoms with Gasteiger partial charge in [-0.1, -0.05) is 13.8 Å². The highest BCUT2D eigenvalue weighted by Crippen LogP contribution is 2.28. The molecule has 2 heteroatoms. The van der Waals surface area contributed by atoms with Crippen molar-refractivity contribution in [2.45, 2.75) is 64.2 Å². The third-order valence-electron chi connectivity index (χ3n) is 3.74. The standard InChI is InChI=1S/C12H23NO/c1-3-10-4-5-12(14-10)11-8-9(2)6-7-13-11/h9-13H,3-8H2,1-2H3/t9-,10+,11+,12+/m1/s1. The van der Waals surface area contributed by atoms with Crippen LogP contribution < -0.4 is 5.32 Å². The first-order valence-electron chi connectivity index (χ1n) is 6.18. The average Bonchev–Trinajstić information content (AvgIpc) is 2.66. The normalized spacial score (nSPS) is 44.1. The zero-order chi connectivity index (χ0) is 9.97. The summed E-state index contributed by atoms with van der Waals surface area (Å²) in [5.41, 5.74) is 0. The second-order valence-electron chi connectivity index (χ2n) is 4.97. The van der Waals surface area contributed by atoms with E-state index in [4.69, 9.17) is 4.74 Å². The molecule has 2 saturated heterocycles. The maximum Gasteiger partial charge on any atom is 0.0732 e. The van der Waals surface area contributed by atoms with E-state index in [0.717, 1.165) is 5.92 Å². The van der Waals surface area contributed by atoms with Gasteiger partial charge in [-0.05, 0) is 44.6 Å². The number of hydrogen-bond donors (Lipinski definition) is 1. The Kier molecular flexibility index (Phi) is 3.45. The Bertz CT molecular complexity index is 183. The van der Waals surface area contributed by atoms with Crippen molar-refractivity contribution in [2.24, 2.45) is 5.92 Å². The molecule has 0 aliphatic carbocycles. The Morgan fingerprint density at radius 2 is 2.14 bits per heavy atom. The van der Waals surface area contributed by atoms with Crippen molar-refractivity contribution in [3.05, 3.63) is 0 Å². The number of ether oxygens (including phenoxy) is 1. The molecule has 0 bridgehead atoms. The topological polar surface area (TPSA) is 21.3 Å². The molecule has 82 valence electrons. The Hall–Kier alpha value is -0.0800. The third kappa shape index (κ3) is 2.29. The maximum absolute atomic E-state index is 6.04. The molecular formula is C12H23NO. The van der Waals surface area contributed by atoms with Crippen LogP contribution in [-0.2, 0) is 4.74 Å². The molecule has 14 heavy (non-hydrogen) atoms. The summed E-state index contributed by atoms with van der Waals surface area (Å²) in [6, 6.07) is 0.635. The molecule has 0 aromatic heterocycles. The van der Waals surface area contributed by atoms with Crippen molar-refractivity contribution >= 4 is 0 Å². The molecule has 2 aliphatic rings. The number of nitrogens with one attached hydrogen (secondary N) is 1. The second-order valence-corrected chi connectivity index (χ2v) is 4.97. The highest BCUT2D eigenvalue weighted by Gasteiger charge is 2.32. The monoisotopic (exact) mass is 197 g/mol. The molecule has 0 amide bonds. The van der Waals surface area contributed by atoms with Gasteiger partial charge in [0.25, 0.3) is 0 Å². The molecule has 0 aromatic rings. The molecule has 0 unspecified atom stereocenters. The summed E-state index contributed by atoms with van der Waals surface area (Å²) in [5, 5.41) is 3.61. The minimum absolute atomic E-state index is 0.502. The van der Waals surface area contributed by atoms with Crippen molar-refractivity contribution in [2.75, 3.05) is 6.54 Å². The predicted octanol–water partition coefficient (Wildman–Crippen LogP) is 2.33. The molecule has 2 heterocycles. The van der Waals surface area contributed by atoms with E-state index in [9.17, 15) is 0 Å². The van der Waals surface area contributed by atoms with Crippen LogP contribution >= 0.6 is 0 Å². The molecule has 2 rings (SSSR count). The van der Waals surface area contributed by atoms with Crippen LogP contribution in [0.2, 0.25) is 0 Å². The summed E-state index contributed by atoms with van der Waals surface area (Å²) in [4.78, 5) is 0. The van der Waals surface area contributed by atoms with E-state index in [-0.39, 0.29) is 0 Å². The van der Waals surface area contributed by atoms with Crippen LogP contribution in [0.1, 0.15) is 46.0 Å². The van der Waals surface area contributed by atoms with Gasteiger partial charge in [-0.2, -0.15) is 0 Å². The van der Waals surface area contributed by atoms with Gasteiger partial charge in [0.05, 0.1) is 12.2 Å². The Labute approximate surface area is 87.4 Å². The third-order valence-corrected chi connectivity index (χ3v) is 3.74. The molecule has 2 nitrogen and oxygen atoms in total. The summed E-state index contributed by atoms with van der Waals surface area (Å²) in [6.45, 7) is 5.77. The van der Waals surface area contributed by atoms with Crippen molar-refractivity contribution in [3.63, 3.8) is 0 Å². The first kappa shape index (κ1) is 10.4. The van der Waals surface area contributed by atoms with Gasteiger partial charge in [-0.3, -0.25) is 0 Å². The van der Waals surface area contributed by atoms with Gasteiger partial charge >= 0.3 is 0 Å². The minimum atomic E-state index is 0.502. The molecule has 4 atom stereocenters. The first-order valence-corrected chi connectivity index (χ1v) is 6.18. The van der Waals surface area contributed by atoms with Gasteiger partial charge < -0.3 is 10.1 Å². The molecule has 2 aliphatic heterocycles. The number of rotatable bonds is 2. The van der Waals surface area contributed by atoms with Crippen LogP contribution in [0, 0.1) is 5.92 Å². The van der Waals surface area contributed by atoms with Crippen LogP contribution in [0.5, 0.6) is 0 Å². The zero-order valence-corrected chi connectivity index (χ0v) is 9.46. The van der Waals surface area contributed by atoms with E-state index < -0.39 is 0 Å². The summed E-state index contributed by atoms with van der Waals surface area (Å²) >= 11 is 0. The van der Waals surface area contributed by atoms with E-state index in [1.165, 1.54) is 38.6 Å². The van der Waals surface area contributed by atoms with Crippen LogP contribution in [0.25, 0.3) is 0 Å². The quantitative estimate of drug-likeness (QED) is 0.733. The highest BCUT2D eigenvalue weighted by atomic mass is 16.5. The van der Waals surface area contributed by atoms with Crippen LogP contribution in [-0.4, -0.2) is 24.8 Å². The van der Waals surface area contributed by atoms with E-state index in [0.29, 0.717) is 18.2 Å². The fraction of sp³-hybridized carbons (Fsp3) is 1.00. The Morgan fingerprint density at radius 1 is 1.29 bits per heavy atom. The van der Waals surface area contributed by atoms with Crippen molar-refractivity contribution in [3.8, 4) is 0 Å². The molecule has 0 aromatic carbocycles. The van der Waals surface area contributed by atoms with Crippen molar-refractivity contribution < 1.29 is 4.74 Å². The Morgan fingerprint density at radius 3 is 2.79 bits per heavy atom. The van der Waals surface area contributed by atoms with Crippen LogP contribution in [0.3, 0.4) is 0 Å². The first-order chi connectivity index (χ1) is 6.79. The Balaban J connectivity index is 1.83. The predicted molar refractivity (Wildman–Crippen MR) is 58.4 cm³/mol. The van der Waals surface area contributed by atoms with E-state index in [1.807, 2.05) is 0 Å². The number of hydrogen-bond acceptors (Lipinski definition) is 2. The lowest BCUT2D eigenvalue weighted by atomic mass is 9.90. The lowest BCUT2D eigenvalue weighted by molar-refractivity contribution is 0.0114. The van der Waals surface area contributed by atoms with Crippen molar-refractivity contribution in [1.82, 2.24) is 5.32 Å². The minimum Gasteiger partial charge on any atom is -0.373 e. The second kappa shape index (κ2) is 4.63. The summed E-state index contributed by atoms with van der Waals surface area (Å²) in [7, 11) is 0. The van der Waals surface area contributed by atoms with Crippen molar-refractivity contribution in [1.29, 1.82) is 0 Å². The van der Waals surface area contributed by atoms with Gasteiger partial charge in [0.15, 0.2) is 0 Å². The lowest BCUT2D eigenvalue weighted by Gasteiger charge is -2.32. The summed E-state index contributed by atoms with van der Waals surface area (Å²) in [5.74, 6) is 0.880. The highest BCUT2D eigenvalue weighted by molar-refractivity contribution is 4.87. The number of piperidine rings is 1. The molecule has 0 saturated carbocycles. The van der Waals surface area contributed by atoms with Gasteiger partial charge in [0, 0.05) is 6.04 Å². The lowest BCUT2D eigenvalue weighted by Crippen LogP contribution is -2.45. The average molecular weight is 197 g/mol. The maximum atomic E-state index is 6.04. The van der Waals surface area contributed by atoms with Crippen LogP contribution in [0.4, 0.5) is 0 Å². The molecule has 0 spiro atoms. The largest absolute Gasteiger partial charge is 0.373 e. The van der Waals surface area contributed by atoms with Gasteiger partial charge in [-0.25, -0.2) is 0 Å². The zero-order valence-electron chi connectivity index (χ0n) is 9.46. The van der Waals surface area contributed by atoms with E-state index >= 15 is 0 Å². The summed E-state index contributed by atoms with van der Waals surface area (Å²) < 4.78 is 6.04. The molecule has 0 radical (unpaired) electrons. The molecular weight excluding hydrogens is 174 g/mol. The molecule has 2 fully saturated rings. The fourth-order valence-corrected chi connectivity index (χ4v) is 2.76. The van der Waals surface area contributed by atoms with Gasteiger partial charge in [-0.15, -0.1) is 0 Å². The van der Waals surface area contributed by atoms with Gasteiger partial charge in [0.2, 0.25) is 0 Å². The molecule has 1 N–H and O–H groups in total.